The van der Waals surface area contributed by atoms with E-state index in [0.717, 1.165) is 24.3 Å². The number of hydrogen-bond acceptors (Lipinski definition) is 2. The van der Waals surface area contributed by atoms with E-state index in [1.165, 1.54) is 5.56 Å². The third-order valence-electron chi connectivity index (χ3n) is 2.66. The van der Waals surface area contributed by atoms with E-state index in [2.05, 4.69) is 31.8 Å². The third-order valence-corrected chi connectivity index (χ3v) is 2.66. The van der Waals surface area contributed by atoms with E-state index in [1.54, 1.807) is 7.11 Å². The highest BCUT2D eigenvalue weighted by Crippen LogP contribution is 2.20. The van der Waals surface area contributed by atoms with Gasteiger partial charge in [0.25, 0.3) is 0 Å². The van der Waals surface area contributed by atoms with Crippen molar-refractivity contribution in [1.82, 2.24) is 5.32 Å². The third kappa shape index (κ3) is 3.38. The highest BCUT2D eigenvalue weighted by Gasteiger charge is 2.11. The predicted molar refractivity (Wildman–Crippen MR) is 69.0 cm³/mol. The largest absolute Gasteiger partial charge is 0.496 e. The smallest absolute Gasteiger partial charge is 0.122 e. The second-order valence-corrected chi connectivity index (χ2v) is 3.97. The lowest BCUT2D eigenvalue weighted by atomic mass is 10.00. The molecule has 0 saturated heterocycles. The summed E-state index contributed by atoms with van der Waals surface area (Å²) in [5, 5.41) is 3.43. The van der Waals surface area contributed by atoms with Crippen molar-refractivity contribution in [2.24, 2.45) is 0 Å². The fourth-order valence-corrected chi connectivity index (χ4v) is 1.76. The lowest BCUT2D eigenvalue weighted by Gasteiger charge is -2.19. The molecule has 1 aromatic rings. The van der Waals surface area contributed by atoms with Gasteiger partial charge in [0.05, 0.1) is 7.11 Å². The molecule has 1 N–H and O–H groups in total. The minimum absolute atomic E-state index is 0.321. The average Bonchev–Trinajstić information content (AvgIpc) is 2.29. The van der Waals surface area contributed by atoms with Gasteiger partial charge < -0.3 is 10.1 Å². The lowest BCUT2D eigenvalue weighted by Crippen LogP contribution is -2.31. The zero-order valence-electron chi connectivity index (χ0n) is 10.4. The molecule has 0 heterocycles. The molecule has 0 fully saturated rings. The van der Waals surface area contributed by atoms with E-state index in [-0.39, 0.29) is 0 Å². The number of hydrogen-bond donors (Lipinski definition) is 1. The molecule has 16 heavy (non-hydrogen) atoms. The Balaban J connectivity index is 2.80. The van der Waals surface area contributed by atoms with E-state index in [1.807, 2.05) is 18.2 Å². The molecule has 1 aromatic carbocycles. The minimum atomic E-state index is 0.321. The van der Waals surface area contributed by atoms with E-state index in [9.17, 15) is 0 Å². The van der Waals surface area contributed by atoms with Gasteiger partial charge in [-0.15, -0.1) is 0 Å². The van der Waals surface area contributed by atoms with Gasteiger partial charge in [0.1, 0.15) is 5.75 Å². The van der Waals surface area contributed by atoms with Gasteiger partial charge in [0.15, 0.2) is 0 Å². The molecule has 0 aliphatic rings. The molecule has 1 rings (SSSR count). The molecular formula is C14H21NO. The number of likely N-dealkylation sites (N-methyl/N-ethyl adjacent to an activating group) is 1. The van der Waals surface area contributed by atoms with Crippen molar-refractivity contribution in [2.45, 2.75) is 26.3 Å². The van der Waals surface area contributed by atoms with Gasteiger partial charge in [0, 0.05) is 6.04 Å². The first-order chi connectivity index (χ1) is 7.69. The van der Waals surface area contributed by atoms with Gasteiger partial charge in [-0.1, -0.05) is 37.3 Å². The summed E-state index contributed by atoms with van der Waals surface area (Å²) in [4.78, 5) is 0. The van der Waals surface area contributed by atoms with Gasteiger partial charge in [-0.25, -0.2) is 0 Å². The van der Waals surface area contributed by atoms with Crippen molar-refractivity contribution >= 4 is 0 Å². The highest BCUT2D eigenvalue weighted by atomic mass is 16.5. The zero-order valence-corrected chi connectivity index (χ0v) is 10.4. The monoisotopic (exact) mass is 219 g/mol. The van der Waals surface area contributed by atoms with Gasteiger partial charge >= 0.3 is 0 Å². The summed E-state index contributed by atoms with van der Waals surface area (Å²) >= 11 is 0. The number of rotatable bonds is 6. The predicted octanol–water partition coefficient (Wildman–Crippen LogP) is 2.79. The number of ether oxygens (including phenoxy) is 1. The number of para-hydroxylation sites is 1. The molecular weight excluding hydrogens is 198 g/mol. The Hall–Kier alpha value is -1.28. The standard InChI is InChI=1S/C14H21NO/c1-5-15-13(11(2)3)10-12-8-6-7-9-14(12)16-4/h6-9,13,15H,2,5,10H2,1,3-4H3. The van der Waals surface area contributed by atoms with Crippen molar-refractivity contribution in [1.29, 1.82) is 0 Å². The van der Waals surface area contributed by atoms with Crippen LogP contribution in [0.1, 0.15) is 19.4 Å². The first-order valence-corrected chi connectivity index (χ1v) is 5.69. The first kappa shape index (κ1) is 12.8. The summed E-state index contributed by atoms with van der Waals surface area (Å²) < 4.78 is 5.35. The average molecular weight is 219 g/mol. The Labute approximate surface area is 98.3 Å². The molecule has 0 aliphatic heterocycles. The molecule has 1 atom stereocenters. The summed E-state index contributed by atoms with van der Waals surface area (Å²) in [6, 6.07) is 8.45. The van der Waals surface area contributed by atoms with Crippen molar-refractivity contribution in [3.05, 3.63) is 42.0 Å². The summed E-state index contributed by atoms with van der Waals surface area (Å²) in [5.41, 5.74) is 2.38. The fraction of sp³-hybridized carbons (Fsp3) is 0.429. The second kappa shape index (κ2) is 6.33. The fourth-order valence-electron chi connectivity index (χ4n) is 1.76. The Bertz CT molecular complexity index is 346. The van der Waals surface area contributed by atoms with E-state index in [0.29, 0.717) is 6.04 Å². The molecule has 0 spiro atoms. The first-order valence-electron chi connectivity index (χ1n) is 5.69. The summed E-state index contributed by atoms with van der Waals surface area (Å²) in [5.74, 6) is 0.951. The van der Waals surface area contributed by atoms with E-state index >= 15 is 0 Å². The number of nitrogens with one attached hydrogen (secondary N) is 1. The molecule has 0 aromatic heterocycles. The van der Waals surface area contributed by atoms with Crippen LogP contribution in [0.15, 0.2) is 36.4 Å². The molecule has 2 heteroatoms. The lowest BCUT2D eigenvalue weighted by molar-refractivity contribution is 0.407. The molecule has 0 aliphatic carbocycles. The Morgan fingerprint density at radius 1 is 1.44 bits per heavy atom. The number of methoxy groups -OCH3 is 1. The Morgan fingerprint density at radius 2 is 2.12 bits per heavy atom. The van der Waals surface area contributed by atoms with Crippen molar-refractivity contribution in [3.8, 4) is 5.75 Å². The van der Waals surface area contributed by atoms with Crippen LogP contribution in [0.5, 0.6) is 5.75 Å². The maximum atomic E-state index is 5.35. The van der Waals surface area contributed by atoms with Crippen LogP contribution in [0.3, 0.4) is 0 Å². The maximum absolute atomic E-state index is 5.35. The molecule has 88 valence electrons. The van der Waals surface area contributed by atoms with Crippen LogP contribution in [0.25, 0.3) is 0 Å². The molecule has 0 amide bonds. The van der Waals surface area contributed by atoms with Crippen LogP contribution in [-0.2, 0) is 6.42 Å². The molecule has 0 bridgehead atoms. The van der Waals surface area contributed by atoms with Gasteiger partial charge in [-0.2, -0.15) is 0 Å². The van der Waals surface area contributed by atoms with Crippen LogP contribution in [0, 0.1) is 0 Å². The van der Waals surface area contributed by atoms with E-state index in [4.69, 9.17) is 4.74 Å². The summed E-state index contributed by atoms with van der Waals surface area (Å²) in [7, 11) is 1.71. The van der Waals surface area contributed by atoms with Crippen molar-refractivity contribution in [3.63, 3.8) is 0 Å². The van der Waals surface area contributed by atoms with Crippen molar-refractivity contribution < 1.29 is 4.74 Å². The highest BCUT2D eigenvalue weighted by molar-refractivity contribution is 5.34. The van der Waals surface area contributed by atoms with Gasteiger partial charge in [-0.3, -0.25) is 0 Å². The summed E-state index contributed by atoms with van der Waals surface area (Å²) in [6.07, 6.45) is 0.924. The van der Waals surface area contributed by atoms with Crippen LogP contribution in [0.4, 0.5) is 0 Å². The number of benzene rings is 1. The Kier molecular flexibility index (Phi) is 5.06. The molecule has 1 unspecified atom stereocenters. The van der Waals surface area contributed by atoms with E-state index < -0.39 is 0 Å². The Morgan fingerprint density at radius 3 is 2.69 bits per heavy atom. The normalized spacial score (nSPS) is 12.2. The molecule has 0 radical (unpaired) electrons. The SMILES string of the molecule is C=C(C)C(Cc1ccccc1OC)NCC. The maximum Gasteiger partial charge on any atom is 0.122 e. The summed E-state index contributed by atoms with van der Waals surface area (Å²) in [6.45, 7) is 9.14. The van der Waals surface area contributed by atoms with Crippen molar-refractivity contribution in [2.75, 3.05) is 13.7 Å². The zero-order chi connectivity index (χ0) is 12.0. The molecule has 2 nitrogen and oxygen atoms in total. The second-order valence-electron chi connectivity index (χ2n) is 3.97. The van der Waals surface area contributed by atoms with Crippen LogP contribution in [-0.4, -0.2) is 19.7 Å². The van der Waals surface area contributed by atoms with Gasteiger partial charge in [-0.05, 0) is 31.5 Å². The van der Waals surface area contributed by atoms with Crippen LogP contribution >= 0.6 is 0 Å². The topological polar surface area (TPSA) is 21.3 Å². The van der Waals surface area contributed by atoms with Crippen LogP contribution in [0.2, 0.25) is 0 Å². The minimum Gasteiger partial charge on any atom is -0.496 e. The van der Waals surface area contributed by atoms with Gasteiger partial charge in [0.2, 0.25) is 0 Å². The molecule has 0 saturated carbocycles. The quantitative estimate of drug-likeness (QED) is 0.743. The van der Waals surface area contributed by atoms with Crippen LogP contribution < -0.4 is 10.1 Å².